The van der Waals surface area contributed by atoms with Gasteiger partial charge in [0.2, 0.25) is 0 Å². The maximum absolute atomic E-state index is 5.92. The highest BCUT2D eigenvalue weighted by Crippen LogP contribution is 2.25. The van der Waals surface area contributed by atoms with Crippen LogP contribution >= 0.6 is 0 Å². The number of hydrogen-bond donors (Lipinski definition) is 0. The summed E-state index contributed by atoms with van der Waals surface area (Å²) < 4.78 is 5.92. The second-order valence-corrected chi connectivity index (χ2v) is 5.69. The molecule has 1 aliphatic rings. The summed E-state index contributed by atoms with van der Waals surface area (Å²) in [4.78, 5) is 0. The second-order valence-electron chi connectivity index (χ2n) is 5.69. The summed E-state index contributed by atoms with van der Waals surface area (Å²) >= 11 is 0. The van der Waals surface area contributed by atoms with E-state index in [0.717, 1.165) is 31.4 Å². The fourth-order valence-electron chi connectivity index (χ4n) is 2.21. The fourth-order valence-corrected chi connectivity index (χ4v) is 2.21. The molecule has 1 nitrogen and oxygen atoms in total. The topological polar surface area (TPSA) is 9.23 Å². The number of fused-ring (bicyclic) bond motifs is 1. The van der Waals surface area contributed by atoms with Crippen molar-refractivity contribution in [3.05, 3.63) is 41.5 Å². The summed E-state index contributed by atoms with van der Waals surface area (Å²) in [5, 5.41) is 0. The predicted octanol–water partition coefficient (Wildman–Crippen LogP) is 4.30. The van der Waals surface area contributed by atoms with E-state index in [1.54, 1.807) is 0 Å². The molecule has 0 amide bonds. The summed E-state index contributed by atoms with van der Waals surface area (Å²) in [6.07, 6.45) is 9.18. The molecule has 92 valence electrons. The first-order valence-corrected chi connectivity index (χ1v) is 6.50. The van der Waals surface area contributed by atoms with Crippen LogP contribution in [0.3, 0.4) is 0 Å². The van der Waals surface area contributed by atoms with Crippen molar-refractivity contribution in [2.24, 2.45) is 0 Å². The molecule has 17 heavy (non-hydrogen) atoms. The Kier molecular flexibility index (Phi) is 3.56. The first kappa shape index (κ1) is 12.2. The van der Waals surface area contributed by atoms with Crippen molar-refractivity contribution in [1.82, 2.24) is 0 Å². The Morgan fingerprint density at radius 3 is 2.24 bits per heavy atom. The number of aryl methyl sites for hydroxylation is 2. The molecule has 0 saturated carbocycles. The van der Waals surface area contributed by atoms with Gasteiger partial charge in [-0.25, -0.2) is 0 Å². The van der Waals surface area contributed by atoms with E-state index in [4.69, 9.17) is 4.74 Å². The third kappa shape index (κ3) is 3.62. The van der Waals surface area contributed by atoms with Crippen molar-refractivity contribution in [2.75, 3.05) is 0 Å². The quantitative estimate of drug-likeness (QED) is 0.654. The lowest BCUT2D eigenvalue weighted by Gasteiger charge is -2.22. The molecule has 0 unspecified atom stereocenters. The van der Waals surface area contributed by atoms with E-state index in [1.165, 1.54) is 11.1 Å². The normalized spacial score (nSPS) is 15.9. The molecule has 1 heteroatoms. The maximum atomic E-state index is 5.92. The summed E-state index contributed by atoms with van der Waals surface area (Å²) in [6, 6.07) is 6.56. The van der Waals surface area contributed by atoms with Crippen LogP contribution in [0.2, 0.25) is 0 Å². The SMILES string of the molecule is CC(C)(C)Oc1ccc2c(c1)CCC=CCC2. The molecule has 0 fully saturated rings. The highest BCUT2D eigenvalue weighted by atomic mass is 16.5. The van der Waals surface area contributed by atoms with Gasteiger partial charge in [-0.15, -0.1) is 0 Å². The van der Waals surface area contributed by atoms with Crippen LogP contribution in [0.1, 0.15) is 44.7 Å². The number of allylic oxidation sites excluding steroid dienone is 2. The smallest absolute Gasteiger partial charge is 0.120 e. The number of ether oxygens (including phenoxy) is 1. The van der Waals surface area contributed by atoms with Crippen LogP contribution in [0.4, 0.5) is 0 Å². The molecule has 0 aromatic heterocycles. The average Bonchev–Trinajstić information content (AvgIpc) is 2.18. The number of hydrogen-bond acceptors (Lipinski definition) is 1. The number of benzene rings is 1. The maximum Gasteiger partial charge on any atom is 0.120 e. The van der Waals surface area contributed by atoms with Gasteiger partial charge >= 0.3 is 0 Å². The van der Waals surface area contributed by atoms with Crippen LogP contribution < -0.4 is 4.74 Å². The minimum atomic E-state index is -0.115. The Hall–Kier alpha value is -1.24. The minimum Gasteiger partial charge on any atom is -0.488 e. The Morgan fingerprint density at radius 2 is 1.59 bits per heavy atom. The van der Waals surface area contributed by atoms with Gasteiger partial charge in [-0.1, -0.05) is 18.2 Å². The van der Waals surface area contributed by atoms with Crippen molar-refractivity contribution in [3.8, 4) is 5.75 Å². The molecule has 0 heterocycles. The summed E-state index contributed by atoms with van der Waals surface area (Å²) in [5.74, 6) is 1.00. The third-order valence-corrected chi connectivity index (χ3v) is 2.93. The van der Waals surface area contributed by atoms with Gasteiger partial charge in [-0.3, -0.25) is 0 Å². The molecule has 0 saturated heterocycles. The van der Waals surface area contributed by atoms with Gasteiger partial charge in [-0.2, -0.15) is 0 Å². The molecule has 1 aromatic carbocycles. The molecule has 2 rings (SSSR count). The van der Waals surface area contributed by atoms with E-state index in [-0.39, 0.29) is 5.60 Å². The summed E-state index contributed by atoms with van der Waals surface area (Å²) in [7, 11) is 0. The van der Waals surface area contributed by atoms with Crippen LogP contribution in [0.25, 0.3) is 0 Å². The van der Waals surface area contributed by atoms with E-state index in [1.807, 2.05) is 0 Å². The Labute approximate surface area is 104 Å². The second kappa shape index (κ2) is 4.95. The van der Waals surface area contributed by atoms with Gasteiger partial charge < -0.3 is 4.74 Å². The average molecular weight is 230 g/mol. The molecule has 1 aromatic rings. The van der Waals surface area contributed by atoms with Crippen LogP contribution in [0.15, 0.2) is 30.4 Å². The summed E-state index contributed by atoms with van der Waals surface area (Å²) in [5.41, 5.74) is 2.82. The molecule has 0 N–H and O–H groups in total. The highest BCUT2D eigenvalue weighted by molar-refractivity contribution is 5.37. The van der Waals surface area contributed by atoms with Gasteiger partial charge in [-0.05, 0) is 69.7 Å². The lowest BCUT2D eigenvalue weighted by Crippen LogP contribution is -2.23. The zero-order valence-corrected chi connectivity index (χ0v) is 11.1. The van der Waals surface area contributed by atoms with Crippen LogP contribution in [-0.4, -0.2) is 5.60 Å². The van der Waals surface area contributed by atoms with Crippen molar-refractivity contribution in [3.63, 3.8) is 0 Å². The number of rotatable bonds is 1. The fraction of sp³-hybridized carbons (Fsp3) is 0.500. The monoisotopic (exact) mass is 230 g/mol. The molecule has 0 spiro atoms. The zero-order valence-electron chi connectivity index (χ0n) is 11.1. The lowest BCUT2D eigenvalue weighted by atomic mass is 9.96. The first-order chi connectivity index (χ1) is 8.04. The third-order valence-electron chi connectivity index (χ3n) is 2.93. The van der Waals surface area contributed by atoms with Crippen molar-refractivity contribution < 1.29 is 4.74 Å². The predicted molar refractivity (Wildman–Crippen MR) is 72.6 cm³/mol. The van der Waals surface area contributed by atoms with Gasteiger partial charge in [0.25, 0.3) is 0 Å². The van der Waals surface area contributed by atoms with Gasteiger partial charge in [0, 0.05) is 0 Å². The van der Waals surface area contributed by atoms with Gasteiger partial charge in [0.1, 0.15) is 11.4 Å². The van der Waals surface area contributed by atoms with Crippen LogP contribution in [0, 0.1) is 0 Å². The molecule has 0 atom stereocenters. The van der Waals surface area contributed by atoms with Crippen molar-refractivity contribution >= 4 is 0 Å². The van der Waals surface area contributed by atoms with E-state index in [2.05, 4.69) is 51.1 Å². The Balaban J connectivity index is 2.21. The largest absolute Gasteiger partial charge is 0.488 e. The van der Waals surface area contributed by atoms with Crippen LogP contribution in [0.5, 0.6) is 5.75 Å². The van der Waals surface area contributed by atoms with Crippen molar-refractivity contribution in [2.45, 2.75) is 52.1 Å². The molecule has 1 aliphatic carbocycles. The Bertz CT molecular complexity index is 410. The lowest BCUT2D eigenvalue weighted by molar-refractivity contribution is 0.131. The van der Waals surface area contributed by atoms with Gasteiger partial charge in [0.15, 0.2) is 0 Å². The molecular weight excluding hydrogens is 208 g/mol. The minimum absolute atomic E-state index is 0.115. The molecular formula is C16H22O. The zero-order chi connectivity index (χ0) is 12.3. The van der Waals surface area contributed by atoms with E-state index < -0.39 is 0 Å². The van der Waals surface area contributed by atoms with E-state index in [9.17, 15) is 0 Å². The Morgan fingerprint density at radius 1 is 0.941 bits per heavy atom. The van der Waals surface area contributed by atoms with E-state index in [0.29, 0.717) is 0 Å². The van der Waals surface area contributed by atoms with Crippen molar-refractivity contribution in [1.29, 1.82) is 0 Å². The molecule has 0 radical (unpaired) electrons. The molecule has 0 bridgehead atoms. The standard InChI is InChI=1S/C16H22O/c1-16(2,3)17-15-11-10-13-8-6-4-5-7-9-14(13)12-15/h4-5,10-12H,6-9H2,1-3H3. The first-order valence-electron chi connectivity index (χ1n) is 6.50. The van der Waals surface area contributed by atoms with Crippen LogP contribution in [-0.2, 0) is 12.8 Å². The van der Waals surface area contributed by atoms with E-state index >= 15 is 0 Å². The van der Waals surface area contributed by atoms with Gasteiger partial charge in [0.05, 0.1) is 0 Å². The highest BCUT2D eigenvalue weighted by Gasteiger charge is 2.13. The summed E-state index contributed by atoms with van der Waals surface area (Å²) in [6.45, 7) is 6.27. The molecule has 0 aliphatic heterocycles.